The molecule has 1 aliphatic rings. The van der Waals surface area contributed by atoms with Gasteiger partial charge < -0.3 is 15.2 Å². The van der Waals surface area contributed by atoms with Crippen molar-refractivity contribution in [3.63, 3.8) is 0 Å². The summed E-state index contributed by atoms with van der Waals surface area (Å²) in [6.07, 6.45) is 1.28. The van der Waals surface area contributed by atoms with E-state index in [9.17, 15) is 29.6 Å². The lowest BCUT2D eigenvalue weighted by Crippen LogP contribution is -2.36. The molecule has 1 fully saturated rings. The van der Waals surface area contributed by atoms with Crippen LogP contribution in [0.3, 0.4) is 0 Å². The van der Waals surface area contributed by atoms with E-state index in [4.69, 9.17) is 4.74 Å². The maximum Gasteiger partial charge on any atom is 0.312 e. The number of nitro benzene ring substituents is 1. The van der Waals surface area contributed by atoms with E-state index >= 15 is 0 Å². The van der Waals surface area contributed by atoms with Crippen molar-refractivity contribution in [1.29, 1.82) is 0 Å². The van der Waals surface area contributed by atoms with E-state index in [0.717, 1.165) is 11.0 Å². The standard InChI is InChI=1S/C19H14BrN3O7S/c1-30-12-4-2-11(3-5-12)21-16(24)9-22-18(26)15(31-19(22)27)8-10-6-13(20)17(25)14(7-10)23(28)29/h2-8,25H,9H2,1H3,(H,21,24)/b15-8+. The van der Waals surface area contributed by atoms with Crippen LogP contribution in [0, 0.1) is 10.1 Å². The maximum absolute atomic E-state index is 12.6. The van der Waals surface area contributed by atoms with E-state index in [1.54, 1.807) is 24.3 Å². The van der Waals surface area contributed by atoms with Crippen LogP contribution in [-0.4, -0.2) is 45.6 Å². The van der Waals surface area contributed by atoms with Gasteiger partial charge in [-0.1, -0.05) is 0 Å². The van der Waals surface area contributed by atoms with Gasteiger partial charge in [-0.05, 0) is 69.7 Å². The van der Waals surface area contributed by atoms with Gasteiger partial charge in [-0.2, -0.15) is 0 Å². The van der Waals surface area contributed by atoms with Gasteiger partial charge in [0.2, 0.25) is 11.7 Å². The summed E-state index contributed by atoms with van der Waals surface area (Å²) >= 11 is 3.62. The average Bonchev–Trinajstić information content (AvgIpc) is 2.98. The molecule has 3 amide bonds. The van der Waals surface area contributed by atoms with Crippen molar-refractivity contribution < 1.29 is 29.2 Å². The number of benzene rings is 2. The van der Waals surface area contributed by atoms with Gasteiger partial charge in [0.15, 0.2) is 0 Å². The molecule has 1 heterocycles. The number of aromatic hydroxyl groups is 1. The van der Waals surface area contributed by atoms with Gasteiger partial charge in [0.25, 0.3) is 11.1 Å². The van der Waals surface area contributed by atoms with Crippen molar-refractivity contribution >= 4 is 62.2 Å². The molecule has 1 aliphatic heterocycles. The quantitative estimate of drug-likeness (QED) is 0.342. The summed E-state index contributed by atoms with van der Waals surface area (Å²) < 4.78 is 5.09. The van der Waals surface area contributed by atoms with E-state index < -0.39 is 40.0 Å². The van der Waals surface area contributed by atoms with Crippen molar-refractivity contribution in [3.05, 3.63) is 61.5 Å². The summed E-state index contributed by atoms with van der Waals surface area (Å²) in [7, 11) is 1.51. The van der Waals surface area contributed by atoms with Crippen molar-refractivity contribution in [2.24, 2.45) is 0 Å². The Labute approximate surface area is 188 Å². The number of methoxy groups -OCH3 is 1. The molecule has 0 spiro atoms. The zero-order valence-corrected chi connectivity index (χ0v) is 18.2. The molecule has 2 aromatic rings. The largest absolute Gasteiger partial charge is 0.501 e. The molecule has 2 N–H and O–H groups in total. The van der Waals surface area contributed by atoms with Gasteiger partial charge in [0.1, 0.15) is 12.3 Å². The molecule has 0 aromatic heterocycles. The molecule has 0 atom stereocenters. The van der Waals surface area contributed by atoms with Crippen LogP contribution in [0.15, 0.2) is 45.8 Å². The minimum absolute atomic E-state index is 0.00543. The molecular formula is C19H14BrN3O7S. The second-order valence-electron chi connectivity index (χ2n) is 6.17. The van der Waals surface area contributed by atoms with Gasteiger partial charge in [-0.25, -0.2) is 0 Å². The van der Waals surface area contributed by atoms with Crippen LogP contribution in [-0.2, 0) is 9.59 Å². The van der Waals surface area contributed by atoms with Crippen LogP contribution in [0.25, 0.3) is 6.08 Å². The number of carbonyl (C=O) groups is 3. The lowest BCUT2D eigenvalue weighted by Gasteiger charge is -2.12. The summed E-state index contributed by atoms with van der Waals surface area (Å²) in [4.78, 5) is 48.1. The summed E-state index contributed by atoms with van der Waals surface area (Å²) in [6, 6.07) is 8.96. The Balaban J connectivity index is 1.74. The number of carbonyl (C=O) groups excluding carboxylic acids is 3. The van der Waals surface area contributed by atoms with Crippen LogP contribution in [0.4, 0.5) is 16.2 Å². The minimum atomic E-state index is -0.771. The first-order valence-electron chi connectivity index (χ1n) is 8.55. The number of imide groups is 1. The lowest BCUT2D eigenvalue weighted by atomic mass is 10.1. The molecule has 0 aliphatic carbocycles. The molecule has 0 saturated carbocycles. The Morgan fingerprint density at radius 2 is 2.00 bits per heavy atom. The molecular weight excluding hydrogens is 494 g/mol. The molecule has 10 nitrogen and oxygen atoms in total. The highest BCUT2D eigenvalue weighted by atomic mass is 79.9. The first-order valence-corrected chi connectivity index (χ1v) is 10.2. The fourth-order valence-electron chi connectivity index (χ4n) is 2.63. The van der Waals surface area contributed by atoms with Gasteiger partial charge in [0.05, 0.1) is 21.4 Å². The topological polar surface area (TPSA) is 139 Å². The van der Waals surface area contributed by atoms with E-state index in [-0.39, 0.29) is 14.9 Å². The fraction of sp³-hybridized carbons (Fsp3) is 0.105. The second kappa shape index (κ2) is 9.18. The Kier molecular flexibility index (Phi) is 6.61. The third-order valence-electron chi connectivity index (χ3n) is 4.11. The van der Waals surface area contributed by atoms with Crippen LogP contribution in [0.2, 0.25) is 0 Å². The third-order valence-corrected chi connectivity index (χ3v) is 5.62. The van der Waals surface area contributed by atoms with E-state index in [0.29, 0.717) is 23.2 Å². The SMILES string of the molecule is COc1ccc(NC(=O)CN2C(=O)S/C(=C/c3cc(Br)c(O)c([N+](=O)[O-])c3)C2=O)cc1. The average molecular weight is 508 g/mol. The van der Waals surface area contributed by atoms with E-state index in [1.807, 2.05) is 0 Å². The summed E-state index contributed by atoms with van der Waals surface area (Å²) in [5.74, 6) is -1.22. The lowest BCUT2D eigenvalue weighted by molar-refractivity contribution is -0.386. The van der Waals surface area contributed by atoms with Crippen molar-refractivity contribution in [1.82, 2.24) is 4.90 Å². The summed E-state index contributed by atoms with van der Waals surface area (Å²) in [6.45, 7) is -0.493. The molecule has 0 bridgehead atoms. The Morgan fingerprint density at radius 1 is 1.32 bits per heavy atom. The molecule has 12 heteroatoms. The van der Waals surface area contributed by atoms with Gasteiger partial charge in [-0.3, -0.25) is 29.4 Å². The number of hydrogen-bond donors (Lipinski definition) is 2. The first-order chi connectivity index (χ1) is 14.7. The molecule has 1 saturated heterocycles. The minimum Gasteiger partial charge on any atom is -0.501 e. The molecule has 3 rings (SSSR count). The van der Waals surface area contributed by atoms with Gasteiger partial charge in [-0.15, -0.1) is 0 Å². The van der Waals surface area contributed by atoms with Crippen molar-refractivity contribution in [2.45, 2.75) is 0 Å². The number of nitrogens with zero attached hydrogens (tertiary/aromatic N) is 2. The highest BCUT2D eigenvalue weighted by molar-refractivity contribution is 9.10. The number of ether oxygens (including phenoxy) is 1. The summed E-state index contributed by atoms with van der Waals surface area (Å²) in [5.41, 5.74) is 0.137. The highest BCUT2D eigenvalue weighted by Crippen LogP contribution is 2.38. The molecule has 160 valence electrons. The Hall–Kier alpha value is -3.38. The number of anilines is 1. The number of nitro groups is 1. The predicted molar refractivity (Wildman–Crippen MR) is 117 cm³/mol. The number of hydrogen-bond acceptors (Lipinski definition) is 8. The molecule has 0 unspecified atom stereocenters. The number of thioether (sulfide) groups is 1. The monoisotopic (exact) mass is 507 g/mol. The number of halogens is 1. The Morgan fingerprint density at radius 3 is 2.61 bits per heavy atom. The summed E-state index contributed by atoms with van der Waals surface area (Å²) in [5, 5.41) is 22.7. The molecule has 0 radical (unpaired) electrons. The molecule has 2 aromatic carbocycles. The number of phenols is 1. The zero-order valence-electron chi connectivity index (χ0n) is 15.8. The van der Waals surface area contributed by atoms with Crippen molar-refractivity contribution in [3.8, 4) is 11.5 Å². The number of nitrogens with one attached hydrogen (secondary N) is 1. The van der Waals surface area contributed by atoms with E-state index in [2.05, 4.69) is 21.2 Å². The number of phenolic OH excluding ortho intramolecular Hbond substituents is 1. The maximum atomic E-state index is 12.6. The third kappa shape index (κ3) is 5.03. The van der Waals surface area contributed by atoms with Crippen LogP contribution in [0.5, 0.6) is 11.5 Å². The number of rotatable bonds is 6. The van der Waals surface area contributed by atoms with Crippen LogP contribution < -0.4 is 10.1 Å². The smallest absolute Gasteiger partial charge is 0.312 e. The van der Waals surface area contributed by atoms with E-state index in [1.165, 1.54) is 19.3 Å². The molecule has 31 heavy (non-hydrogen) atoms. The van der Waals surface area contributed by atoms with Gasteiger partial charge in [0, 0.05) is 11.8 Å². The fourth-order valence-corrected chi connectivity index (χ4v) is 3.94. The second-order valence-corrected chi connectivity index (χ2v) is 8.02. The van der Waals surface area contributed by atoms with Crippen LogP contribution >= 0.6 is 27.7 Å². The number of amides is 3. The zero-order chi connectivity index (χ0) is 22.7. The predicted octanol–water partition coefficient (Wildman–Crippen LogP) is 3.75. The highest BCUT2D eigenvalue weighted by Gasteiger charge is 2.36. The van der Waals surface area contributed by atoms with Crippen molar-refractivity contribution in [2.75, 3.05) is 19.0 Å². The first kappa shape index (κ1) is 22.3. The van der Waals surface area contributed by atoms with Crippen LogP contribution in [0.1, 0.15) is 5.56 Å². The van der Waals surface area contributed by atoms with Gasteiger partial charge >= 0.3 is 5.69 Å². The Bertz CT molecular complexity index is 1120. The normalized spacial score (nSPS) is 14.8.